The number of ether oxygens (including phenoxy) is 2. The number of nitrogens with one attached hydrogen (secondary N) is 3. The first-order valence-electron chi connectivity index (χ1n) is 15.5. The number of hydrogen-bond donors (Lipinski definition) is 4. The number of ketones is 1. The Hall–Kier alpha value is -3.22. The van der Waals surface area contributed by atoms with Crippen LogP contribution in [0.25, 0.3) is 0 Å². The highest BCUT2D eigenvalue weighted by atomic mass is 16.6. The lowest BCUT2D eigenvalue weighted by Crippen LogP contribution is -2.63. The second-order valence-electron chi connectivity index (χ2n) is 15.6. The summed E-state index contributed by atoms with van der Waals surface area (Å²) in [6, 6.07) is -4.68. The van der Waals surface area contributed by atoms with Crippen molar-refractivity contribution in [2.45, 2.75) is 105 Å². The number of fused-ring (bicyclic) bond motifs is 1. The molecule has 2 aliphatic carbocycles. The van der Waals surface area contributed by atoms with Crippen LogP contribution in [0.5, 0.6) is 0 Å². The van der Waals surface area contributed by atoms with Crippen LogP contribution in [0.3, 0.4) is 0 Å². The van der Waals surface area contributed by atoms with Crippen molar-refractivity contribution >= 4 is 35.5 Å². The van der Waals surface area contributed by atoms with Gasteiger partial charge in [0.15, 0.2) is 0 Å². The maximum absolute atomic E-state index is 14.2. The number of urea groups is 1. The summed E-state index contributed by atoms with van der Waals surface area (Å²) in [7, 11) is 0. The predicted octanol–water partition coefficient (Wildman–Crippen LogP) is 0.879. The Bertz CT molecular complexity index is 1190. The van der Waals surface area contributed by atoms with E-state index in [9.17, 15) is 28.8 Å². The molecule has 4 aliphatic rings. The summed E-state index contributed by atoms with van der Waals surface area (Å²) in [4.78, 5) is 80.1. The molecule has 44 heavy (non-hydrogen) atoms. The third kappa shape index (κ3) is 7.02. The molecule has 4 rings (SSSR count). The Kier molecular flexibility index (Phi) is 9.14. The fraction of sp³-hybridized carbons (Fsp3) is 0.806. The largest absolute Gasteiger partial charge is 0.458 e. The summed E-state index contributed by atoms with van der Waals surface area (Å²) >= 11 is 0. The van der Waals surface area contributed by atoms with E-state index in [1.807, 2.05) is 13.8 Å². The summed E-state index contributed by atoms with van der Waals surface area (Å²) in [6.45, 7) is 16.0. The second-order valence-corrected chi connectivity index (χ2v) is 15.6. The molecule has 0 spiro atoms. The van der Waals surface area contributed by atoms with E-state index >= 15 is 0 Å². The van der Waals surface area contributed by atoms with Crippen molar-refractivity contribution in [3.05, 3.63) is 0 Å². The zero-order valence-corrected chi connectivity index (χ0v) is 27.2. The highest BCUT2D eigenvalue weighted by Crippen LogP contribution is 2.65. The number of likely N-dealkylation sites (tertiary alicyclic amines) is 1. The van der Waals surface area contributed by atoms with Gasteiger partial charge < -0.3 is 36.1 Å². The average Bonchev–Trinajstić information content (AvgIpc) is 3.65. The van der Waals surface area contributed by atoms with Crippen LogP contribution in [0.2, 0.25) is 0 Å². The number of amides is 5. The fourth-order valence-corrected chi connectivity index (χ4v) is 6.62. The van der Waals surface area contributed by atoms with Gasteiger partial charge in [-0.15, -0.1) is 0 Å². The minimum absolute atomic E-state index is 0.0578. The van der Waals surface area contributed by atoms with Crippen molar-refractivity contribution in [2.24, 2.45) is 39.7 Å². The summed E-state index contributed by atoms with van der Waals surface area (Å²) < 4.78 is 10.9. The number of piperidine rings is 1. The molecular weight excluding hydrogens is 570 g/mol. The Labute approximate surface area is 259 Å². The zero-order chi connectivity index (χ0) is 32.9. The van der Waals surface area contributed by atoms with Gasteiger partial charge in [-0.3, -0.25) is 19.2 Å². The molecule has 2 saturated heterocycles. The molecule has 7 atom stereocenters. The predicted molar refractivity (Wildman–Crippen MR) is 159 cm³/mol. The number of rotatable bonds is 10. The number of Topliss-reactive ketones (excluding diaryl/α,β-unsaturated/α-hetero) is 1. The maximum atomic E-state index is 14.2. The number of primary amides is 1. The Morgan fingerprint density at radius 3 is 2.00 bits per heavy atom. The fourth-order valence-electron chi connectivity index (χ4n) is 6.62. The van der Waals surface area contributed by atoms with E-state index in [0.29, 0.717) is 39.0 Å². The SMILES string of the molecule is CC(C)(C)[C@H](NC(=O)N[C@H](C(=O)N1C[C@H]2[C@@H]([C@H]1C(=O)NC(C(=O)C(N)=O)C1CC1)C2(C)C)C(C)(C)C)C(=O)OC1CCOC1. The average molecular weight is 620 g/mol. The third-order valence-corrected chi connectivity index (χ3v) is 9.61. The van der Waals surface area contributed by atoms with Crippen LogP contribution in [0, 0.1) is 34.0 Å². The van der Waals surface area contributed by atoms with Gasteiger partial charge in [0.1, 0.15) is 30.3 Å². The van der Waals surface area contributed by atoms with Gasteiger partial charge in [-0.1, -0.05) is 55.4 Å². The molecule has 4 fully saturated rings. The van der Waals surface area contributed by atoms with Gasteiger partial charge in [-0.05, 0) is 46.8 Å². The van der Waals surface area contributed by atoms with Crippen LogP contribution in [-0.4, -0.2) is 90.4 Å². The van der Waals surface area contributed by atoms with Crippen molar-refractivity contribution in [2.75, 3.05) is 19.8 Å². The van der Waals surface area contributed by atoms with E-state index in [1.54, 1.807) is 41.5 Å². The molecule has 0 radical (unpaired) electrons. The van der Waals surface area contributed by atoms with Gasteiger partial charge in [-0.25, -0.2) is 9.59 Å². The van der Waals surface area contributed by atoms with E-state index < -0.39 is 70.5 Å². The molecule has 13 heteroatoms. The first-order valence-corrected chi connectivity index (χ1v) is 15.5. The van der Waals surface area contributed by atoms with Gasteiger partial charge >= 0.3 is 12.0 Å². The van der Waals surface area contributed by atoms with E-state index in [4.69, 9.17) is 15.2 Å². The van der Waals surface area contributed by atoms with E-state index in [1.165, 1.54) is 4.90 Å². The second kappa shape index (κ2) is 11.9. The van der Waals surface area contributed by atoms with Gasteiger partial charge in [0.2, 0.25) is 17.6 Å². The van der Waals surface area contributed by atoms with Crippen molar-refractivity contribution in [1.29, 1.82) is 0 Å². The third-order valence-electron chi connectivity index (χ3n) is 9.61. The molecule has 0 aromatic heterocycles. The Morgan fingerprint density at radius 1 is 0.909 bits per heavy atom. The maximum Gasteiger partial charge on any atom is 0.329 e. The van der Waals surface area contributed by atoms with Crippen molar-refractivity contribution in [1.82, 2.24) is 20.9 Å². The van der Waals surface area contributed by atoms with Gasteiger partial charge in [-0.2, -0.15) is 0 Å². The summed E-state index contributed by atoms with van der Waals surface area (Å²) in [6.07, 6.45) is 1.58. The van der Waals surface area contributed by atoms with Crippen LogP contribution in [-0.2, 0) is 33.4 Å². The van der Waals surface area contributed by atoms with Crippen molar-refractivity contribution in [3.8, 4) is 0 Å². The van der Waals surface area contributed by atoms with Gasteiger partial charge in [0, 0.05) is 13.0 Å². The molecule has 0 bridgehead atoms. The minimum Gasteiger partial charge on any atom is -0.458 e. The minimum atomic E-state index is -1.11. The highest BCUT2D eigenvalue weighted by molar-refractivity contribution is 6.38. The number of nitrogens with two attached hydrogens (primary N) is 1. The van der Waals surface area contributed by atoms with E-state index in [0.717, 1.165) is 0 Å². The quantitative estimate of drug-likeness (QED) is 0.205. The monoisotopic (exact) mass is 619 g/mol. The zero-order valence-electron chi connectivity index (χ0n) is 27.2. The van der Waals surface area contributed by atoms with Crippen molar-refractivity contribution < 1.29 is 38.2 Å². The normalized spacial score (nSPS) is 27.8. The summed E-state index contributed by atoms with van der Waals surface area (Å²) in [5.74, 6) is -3.75. The Balaban J connectivity index is 1.51. The molecular formula is C31H49N5O8. The van der Waals surface area contributed by atoms with Crippen LogP contribution < -0.4 is 21.7 Å². The molecule has 13 nitrogen and oxygen atoms in total. The topological polar surface area (TPSA) is 186 Å². The summed E-state index contributed by atoms with van der Waals surface area (Å²) in [5, 5.41) is 8.23. The molecule has 0 aromatic rings. The van der Waals surface area contributed by atoms with Crippen LogP contribution in [0.1, 0.15) is 74.7 Å². The first-order chi connectivity index (χ1) is 20.2. The van der Waals surface area contributed by atoms with Gasteiger partial charge in [0.25, 0.3) is 5.91 Å². The number of hydrogen-bond acceptors (Lipinski definition) is 8. The molecule has 2 unspecified atom stereocenters. The van der Waals surface area contributed by atoms with Gasteiger partial charge in [0.05, 0.1) is 13.2 Å². The molecule has 2 saturated carbocycles. The molecule has 5 N–H and O–H groups in total. The molecule has 0 aromatic carbocycles. The lowest BCUT2D eigenvalue weighted by Gasteiger charge is -2.38. The van der Waals surface area contributed by atoms with E-state index in [-0.39, 0.29) is 29.3 Å². The molecule has 2 aliphatic heterocycles. The standard InChI is InChI=1S/C31H49N5O8/c1-29(2,3)22(34-28(42)35-23(30(4,5)6)27(41)44-16-11-12-43-14-16)26(40)36-13-17-18(31(17,7)8)20(36)25(39)33-19(15-9-10-15)21(37)24(32)38/h15-20,22-23H,9-14H2,1-8H3,(H2,32,38)(H,33,39)(H2,34,35,42)/t16?,17-,18-,19?,20-,22+,23+/m0/s1. The summed E-state index contributed by atoms with van der Waals surface area (Å²) in [5.41, 5.74) is 3.59. The molecule has 5 amide bonds. The number of nitrogens with zero attached hydrogens (tertiary/aromatic N) is 1. The number of esters is 1. The van der Waals surface area contributed by atoms with Crippen LogP contribution in [0.4, 0.5) is 4.79 Å². The van der Waals surface area contributed by atoms with Crippen molar-refractivity contribution in [3.63, 3.8) is 0 Å². The van der Waals surface area contributed by atoms with E-state index in [2.05, 4.69) is 16.0 Å². The lowest BCUT2D eigenvalue weighted by molar-refractivity contribution is -0.154. The lowest BCUT2D eigenvalue weighted by atomic mass is 9.85. The first kappa shape index (κ1) is 33.7. The Morgan fingerprint density at radius 2 is 1.50 bits per heavy atom. The van der Waals surface area contributed by atoms with Crippen LogP contribution >= 0.6 is 0 Å². The molecule has 246 valence electrons. The molecule has 2 heterocycles. The number of carbonyl (C=O) groups excluding carboxylic acids is 6. The number of carbonyl (C=O) groups is 6. The highest BCUT2D eigenvalue weighted by Gasteiger charge is 2.70. The smallest absolute Gasteiger partial charge is 0.329 e. The van der Waals surface area contributed by atoms with Crippen LogP contribution in [0.15, 0.2) is 0 Å².